The topological polar surface area (TPSA) is 75.6 Å². The van der Waals surface area contributed by atoms with Crippen LogP contribution in [-0.4, -0.2) is 30.1 Å². The average molecular weight is 412 g/mol. The van der Waals surface area contributed by atoms with E-state index in [9.17, 15) is 9.59 Å². The molecule has 0 saturated heterocycles. The molecule has 0 spiro atoms. The van der Waals surface area contributed by atoms with E-state index < -0.39 is 5.97 Å². The molecular formula is C25H33NO4. The monoisotopic (exact) mass is 411 g/mol. The minimum Gasteiger partial charge on any atom is -0.494 e. The fraction of sp³-hybridized carbons (Fsp3) is 0.440. The number of carbonyl (C=O) groups excluding carboxylic acids is 1. The van der Waals surface area contributed by atoms with E-state index in [0.29, 0.717) is 19.6 Å². The minimum absolute atomic E-state index is 0.0250. The van der Waals surface area contributed by atoms with Gasteiger partial charge in [0.2, 0.25) is 5.91 Å². The van der Waals surface area contributed by atoms with Crippen molar-refractivity contribution in [3.8, 4) is 16.9 Å². The Morgan fingerprint density at radius 3 is 2.07 bits per heavy atom. The van der Waals surface area contributed by atoms with Crippen molar-refractivity contribution >= 4 is 11.9 Å². The van der Waals surface area contributed by atoms with Gasteiger partial charge in [0.1, 0.15) is 5.75 Å². The molecule has 1 atom stereocenters. The zero-order chi connectivity index (χ0) is 21.9. The number of benzene rings is 2. The summed E-state index contributed by atoms with van der Waals surface area (Å²) in [6, 6.07) is 16.2. The van der Waals surface area contributed by atoms with Crippen LogP contribution in [0.4, 0.5) is 0 Å². The minimum atomic E-state index is -0.771. The van der Waals surface area contributed by atoms with Crippen LogP contribution in [0.3, 0.4) is 0 Å². The second-order valence-corrected chi connectivity index (χ2v) is 7.80. The van der Waals surface area contributed by atoms with E-state index in [-0.39, 0.29) is 24.2 Å². The maximum atomic E-state index is 12.8. The molecule has 2 aromatic rings. The van der Waals surface area contributed by atoms with Crippen LogP contribution in [-0.2, 0) is 9.59 Å². The van der Waals surface area contributed by atoms with Gasteiger partial charge in [0.05, 0.1) is 12.5 Å². The van der Waals surface area contributed by atoms with Crippen molar-refractivity contribution in [3.05, 3.63) is 54.1 Å². The summed E-state index contributed by atoms with van der Waals surface area (Å²) in [6.45, 7) is 7.29. The Morgan fingerprint density at radius 1 is 0.933 bits per heavy atom. The summed E-state index contributed by atoms with van der Waals surface area (Å²) in [6.07, 6.45) is 2.42. The first-order valence-corrected chi connectivity index (χ1v) is 10.7. The number of rotatable bonds is 12. The predicted molar refractivity (Wildman–Crippen MR) is 120 cm³/mol. The lowest BCUT2D eigenvalue weighted by molar-refractivity contribution is -0.137. The summed E-state index contributed by atoms with van der Waals surface area (Å²) in [5.74, 6) is 0.0775. The van der Waals surface area contributed by atoms with Crippen molar-refractivity contribution in [2.24, 2.45) is 5.92 Å². The van der Waals surface area contributed by atoms with Crippen LogP contribution in [0.2, 0.25) is 0 Å². The van der Waals surface area contributed by atoms with Crippen molar-refractivity contribution in [1.29, 1.82) is 0 Å². The lowest BCUT2D eigenvalue weighted by atomic mass is 9.86. The second-order valence-electron chi connectivity index (χ2n) is 7.80. The summed E-state index contributed by atoms with van der Waals surface area (Å²) in [4.78, 5) is 23.3. The summed E-state index contributed by atoms with van der Waals surface area (Å²) in [5, 5.41) is 11.7. The summed E-state index contributed by atoms with van der Waals surface area (Å²) < 4.78 is 5.49. The van der Waals surface area contributed by atoms with E-state index in [2.05, 4.69) is 31.3 Å². The normalized spacial score (nSPS) is 11.9. The van der Waals surface area contributed by atoms with Gasteiger partial charge in [0.25, 0.3) is 0 Å². The van der Waals surface area contributed by atoms with Gasteiger partial charge in [-0.1, -0.05) is 56.7 Å². The van der Waals surface area contributed by atoms with Gasteiger partial charge in [-0.2, -0.15) is 0 Å². The molecule has 0 fully saturated rings. The highest BCUT2D eigenvalue weighted by molar-refractivity contribution is 5.84. The summed E-state index contributed by atoms with van der Waals surface area (Å²) >= 11 is 0. The van der Waals surface area contributed by atoms with E-state index in [1.165, 1.54) is 0 Å². The second kappa shape index (κ2) is 12.0. The molecule has 0 aliphatic carbocycles. The molecule has 0 heterocycles. The van der Waals surface area contributed by atoms with Gasteiger partial charge >= 0.3 is 5.97 Å². The van der Waals surface area contributed by atoms with E-state index in [1.807, 2.05) is 43.3 Å². The lowest BCUT2D eigenvalue weighted by Crippen LogP contribution is -2.32. The first-order chi connectivity index (χ1) is 14.4. The molecule has 2 rings (SSSR count). The largest absolute Gasteiger partial charge is 0.494 e. The predicted octanol–water partition coefficient (Wildman–Crippen LogP) is 5.25. The fourth-order valence-corrected chi connectivity index (χ4v) is 3.53. The first kappa shape index (κ1) is 23.5. The van der Waals surface area contributed by atoms with Crippen LogP contribution in [0.25, 0.3) is 11.1 Å². The molecule has 30 heavy (non-hydrogen) atoms. The number of aliphatic carboxylic acids is 1. The highest BCUT2D eigenvalue weighted by Gasteiger charge is 2.23. The third-order valence-corrected chi connectivity index (χ3v) is 5.08. The molecule has 0 saturated carbocycles. The van der Waals surface area contributed by atoms with Crippen molar-refractivity contribution in [3.63, 3.8) is 0 Å². The van der Waals surface area contributed by atoms with E-state index in [0.717, 1.165) is 35.3 Å². The maximum absolute atomic E-state index is 12.8. The molecule has 0 aromatic heterocycles. The van der Waals surface area contributed by atoms with Crippen molar-refractivity contribution in [2.75, 3.05) is 13.2 Å². The van der Waals surface area contributed by atoms with Crippen LogP contribution < -0.4 is 10.1 Å². The quantitative estimate of drug-likeness (QED) is 0.468. The van der Waals surface area contributed by atoms with E-state index in [4.69, 9.17) is 9.84 Å². The van der Waals surface area contributed by atoms with Gasteiger partial charge in [-0.05, 0) is 54.5 Å². The van der Waals surface area contributed by atoms with Gasteiger partial charge < -0.3 is 15.2 Å². The van der Waals surface area contributed by atoms with Crippen LogP contribution in [0.5, 0.6) is 5.75 Å². The average Bonchev–Trinajstić information content (AvgIpc) is 2.72. The van der Waals surface area contributed by atoms with Crippen molar-refractivity contribution < 1.29 is 19.4 Å². The Hall–Kier alpha value is -2.82. The molecule has 162 valence electrons. The molecule has 5 heteroatoms. The number of unbranched alkanes of at least 4 members (excludes halogenated alkanes) is 2. The number of hydrogen-bond donors (Lipinski definition) is 2. The molecule has 5 nitrogen and oxygen atoms in total. The van der Waals surface area contributed by atoms with Crippen molar-refractivity contribution in [2.45, 2.75) is 52.4 Å². The van der Waals surface area contributed by atoms with Crippen LogP contribution in [0, 0.1) is 5.92 Å². The van der Waals surface area contributed by atoms with Gasteiger partial charge in [-0.25, -0.2) is 0 Å². The molecule has 0 aliphatic heterocycles. The number of ether oxygens (including phenoxy) is 1. The van der Waals surface area contributed by atoms with E-state index >= 15 is 0 Å². The molecule has 2 aromatic carbocycles. The lowest BCUT2D eigenvalue weighted by Gasteiger charge is -2.21. The Bertz CT molecular complexity index is 797. The highest BCUT2D eigenvalue weighted by atomic mass is 16.5. The first-order valence-electron chi connectivity index (χ1n) is 10.7. The molecule has 0 aliphatic rings. The van der Waals surface area contributed by atoms with Crippen molar-refractivity contribution in [1.82, 2.24) is 5.32 Å². The number of hydrogen-bond acceptors (Lipinski definition) is 3. The Morgan fingerprint density at radius 2 is 1.53 bits per heavy atom. The fourth-order valence-electron chi connectivity index (χ4n) is 3.53. The molecular weight excluding hydrogens is 378 g/mol. The van der Waals surface area contributed by atoms with E-state index in [1.54, 1.807) is 0 Å². The number of amides is 1. The zero-order valence-electron chi connectivity index (χ0n) is 18.2. The van der Waals surface area contributed by atoms with Gasteiger partial charge in [-0.15, -0.1) is 0 Å². The van der Waals surface area contributed by atoms with Gasteiger partial charge in [0.15, 0.2) is 0 Å². The van der Waals surface area contributed by atoms with Gasteiger partial charge in [-0.3, -0.25) is 9.59 Å². The molecule has 2 N–H and O–H groups in total. The van der Waals surface area contributed by atoms with Crippen LogP contribution >= 0.6 is 0 Å². The SMILES string of the molecule is CCOc1ccc(-c2ccc(C(C(=O)NCCCCCC(=O)O)C(C)C)cc2)cc1. The molecule has 1 unspecified atom stereocenters. The Kier molecular flexibility index (Phi) is 9.39. The smallest absolute Gasteiger partial charge is 0.303 e. The molecule has 0 bridgehead atoms. The summed E-state index contributed by atoms with van der Waals surface area (Å²) in [7, 11) is 0. The number of nitrogens with one attached hydrogen (secondary N) is 1. The maximum Gasteiger partial charge on any atom is 0.303 e. The summed E-state index contributed by atoms with van der Waals surface area (Å²) in [5.41, 5.74) is 3.21. The third kappa shape index (κ3) is 7.21. The van der Waals surface area contributed by atoms with Crippen LogP contribution in [0.1, 0.15) is 57.9 Å². The molecule has 0 radical (unpaired) electrons. The molecule has 1 amide bonds. The Balaban J connectivity index is 1.96. The standard InChI is InChI=1S/C25H33NO4/c1-4-30-22-15-13-20(14-16-22)19-9-11-21(12-10-19)24(18(2)3)25(29)26-17-7-5-6-8-23(27)28/h9-16,18,24H,4-8,17H2,1-3H3,(H,26,29)(H,27,28). The van der Waals surface area contributed by atoms with Crippen LogP contribution in [0.15, 0.2) is 48.5 Å². The van der Waals surface area contributed by atoms with Gasteiger partial charge in [0, 0.05) is 13.0 Å². The zero-order valence-corrected chi connectivity index (χ0v) is 18.2. The highest BCUT2D eigenvalue weighted by Crippen LogP contribution is 2.28. The third-order valence-electron chi connectivity index (χ3n) is 5.08. The number of carboxylic acid groups (broad SMARTS) is 1. The number of carbonyl (C=O) groups is 2. The Labute approximate surface area is 179 Å². The number of carboxylic acids is 1.